The van der Waals surface area contributed by atoms with Gasteiger partial charge < -0.3 is 19.9 Å². The molecule has 2 N–H and O–H groups in total. The van der Waals surface area contributed by atoms with Crippen LogP contribution in [0, 0.1) is 5.82 Å². The monoisotopic (exact) mass is 465 g/mol. The lowest BCUT2D eigenvalue weighted by Crippen LogP contribution is -2.65. The molecule has 34 heavy (non-hydrogen) atoms. The summed E-state index contributed by atoms with van der Waals surface area (Å²) in [6, 6.07) is 7.67. The average Bonchev–Trinajstić information content (AvgIpc) is 2.78. The number of benzene rings is 1. The summed E-state index contributed by atoms with van der Waals surface area (Å²) in [5.41, 5.74) is 1.34. The molecule has 8 nitrogen and oxygen atoms in total. The van der Waals surface area contributed by atoms with Crippen LogP contribution in [0.2, 0.25) is 0 Å². The Morgan fingerprint density at radius 3 is 2.41 bits per heavy atom. The molecule has 2 aromatic heterocycles. The van der Waals surface area contributed by atoms with Gasteiger partial charge in [0.25, 0.3) is 0 Å². The van der Waals surface area contributed by atoms with Crippen LogP contribution in [0.5, 0.6) is 17.5 Å². The lowest BCUT2D eigenvalue weighted by molar-refractivity contribution is 0.00726. The van der Waals surface area contributed by atoms with Crippen LogP contribution in [-0.4, -0.2) is 49.8 Å². The third-order valence-electron chi connectivity index (χ3n) is 6.84. The average molecular weight is 466 g/mol. The van der Waals surface area contributed by atoms with Crippen LogP contribution >= 0.6 is 0 Å². The standard InChI is InChI=1S/C25H28FN5O3/c1-24-7-4-8-25(2,31-24)13-17(12-24)34-21-6-5-19(28-30-21)23-18(26)9-15(10-20(23)32)16-11-22(33-3)29-27-14-16/h5-6,9-11,14,17,31-32H,4,7-8,12-13H2,1-3H3/t17-,24+,25-. The van der Waals surface area contributed by atoms with Gasteiger partial charge in [0, 0.05) is 41.6 Å². The maximum absolute atomic E-state index is 15.0. The zero-order valence-electron chi connectivity index (χ0n) is 19.5. The van der Waals surface area contributed by atoms with Crippen molar-refractivity contribution in [1.82, 2.24) is 25.7 Å². The number of hydrogen-bond acceptors (Lipinski definition) is 8. The minimum Gasteiger partial charge on any atom is -0.507 e. The van der Waals surface area contributed by atoms with Crippen LogP contribution in [-0.2, 0) is 0 Å². The molecular formula is C25H28FN5O3. The molecule has 178 valence electrons. The number of phenolic OH excluding ortho intramolecular Hbond substituents is 1. The number of aromatic nitrogens is 4. The Labute approximate surface area is 197 Å². The van der Waals surface area contributed by atoms with Gasteiger partial charge in [0.15, 0.2) is 0 Å². The minimum absolute atomic E-state index is 0.0202. The molecule has 0 unspecified atom stereocenters. The Bertz CT molecular complexity index is 1170. The topological polar surface area (TPSA) is 102 Å². The van der Waals surface area contributed by atoms with Crippen molar-refractivity contribution in [3.63, 3.8) is 0 Å². The molecule has 4 heterocycles. The van der Waals surface area contributed by atoms with E-state index in [1.807, 2.05) is 0 Å². The van der Waals surface area contributed by atoms with Gasteiger partial charge in [0.2, 0.25) is 11.8 Å². The first-order chi connectivity index (χ1) is 16.3. The normalized spacial score (nSPS) is 26.2. The predicted octanol–water partition coefficient (Wildman–Crippen LogP) is 4.29. The summed E-state index contributed by atoms with van der Waals surface area (Å²) < 4.78 is 26.3. The third kappa shape index (κ3) is 4.40. The first-order valence-corrected chi connectivity index (χ1v) is 11.5. The van der Waals surface area contributed by atoms with Crippen LogP contribution in [0.1, 0.15) is 46.0 Å². The van der Waals surface area contributed by atoms with Crippen LogP contribution in [0.25, 0.3) is 22.4 Å². The highest BCUT2D eigenvalue weighted by atomic mass is 19.1. The summed E-state index contributed by atoms with van der Waals surface area (Å²) in [5, 5.41) is 30.3. The van der Waals surface area contributed by atoms with Crippen molar-refractivity contribution >= 4 is 0 Å². The van der Waals surface area contributed by atoms with Crippen LogP contribution in [0.3, 0.4) is 0 Å². The Hall–Kier alpha value is -3.33. The zero-order chi connectivity index (χ0) is 23.9. The van der Waals surface area contributed by atoms with Gasteiger partial charge in [-0.3, -0.25) is 0 Å². The lowest BCUT2D eigenvalue weighted by atomic mass is 9.70. The second kappa shape index (κ2) is 8.47. The smallest absolute Gasteiger partial charge is 0.233 e. The van der Waals surface area contributed by atoms with Crippen LogP contribution in [0.4, 0.5) is 4.39 Å². The van der Waals surface area contributed by atoms with E-state index in [1.54, 1.807) is 18.2 Å². The number of aromatic hydroxyl groups is 1. The van der Waals surface area contributed by atoms with Crippen molar-refractivity contribution in [3.05, 3.63) is 42.3 Å². The number of methoxy groups -OCH3 is 1. The number of rotatable bonds is 5. The molecule has 2 saturated heterocycles. The number of piperidine rings is 2. The highest BCUT2D eigenvalue weighted by Crippen LogP contribution is 2.41. The van der Waals surface area contributed by atoms with Crippen molar-refractivity contribution < 1.29 is 19.0 Å². The lowest BCUT2D eigenvalue weighted by Gasteiger charge is -2.53. The van der Waals surface area contributed by atoms with Crippen LogP contribution in [0.15, 0.2) is 36.5 Å². The summed E-state index contributed by atoms with van der Waals surface area (Å²) in [4.78, 5) is 0. The maximum atomic E-state index is 15.0. The molecule has 0 radical (unpaired) electrons. The number of nitrogens with zero attached hydrogens (tertiary/aromatic N) is 4. The quantitative estimate of drug-likeness (QED) is 0.576. The van der Waals surface area contributed by atoms with Gasteiger partial charge >= 0.3 is 0 Å². The fourth-order valence-electron chi connectivity index (χ4n) is 5.49. The number of halogens is 1. The molecule has 9 heteroatoms. The third-order valence-corrected chi connectivity index (χ3v) is 6.84. The molecule has 2 fully saturated rings. The molecule has 0 amide bonds. The van der Waals surface area contributed by atoms with Gasteiger partial charge in [-0.05, 0) is 56.9 Å². The van der Waals surface area contributed by atoms with E-state index in [0.29, 0.717) is 22.9 Å². The van der Waals surface area contributed by atoms with E-state index in [4.69, 9.17) is 9.47 Å². The van der Waals surface area contributed by atoms with Gasteiger partial charge in [-0.1, -0.05) is 0 Å². The van der Waals surface area contributed by atoms with Crippen molar-refractivity contribution in [2.24, 2.45) is 0 Å². The molecule has 5 rings (SSSR count). The Balaban J connectivity index is 1.35. The summed E-state index contributed by atoms with van der Waals surface area (Å²) in [5.74, 6) is -0.183. The fourth-order valence-corrected chi connectivity index (χ4v) is 5.49. The highest BCUT2D eigenvalue weighted by molar-refractivity contribution is 5.74. The molecule has 2 aliphatic rings. The Kier molecular flexibility index (Phi) is 5.59. The molecule has 2 aliphatic heterocycles. The van der Waals surface area contributed by atoms with Gasteiger partial charge in [-0.15, -0.1) is 15.3 Å². The van der Waals surface area contributed by atoms with Gasteiger partial charge in [-0.25, -0.2) is 4.39 Å². The van der Waals surface area contributed by atoms with E-state index in [0.717, 1.165) is 25.7 Å². The summed E-state index contributed by atoms with van der Waals surface area (Å²) in [7, 11) is 1.47. The summed E-state index contributed by atoms with van der Waals surface area (Å²) in [6.07, 6.45) is 6.79. The Morgan fingerprint density at radius 2 is 1.76 bits per heavy atom. The van der Waals surface area contributed by atoms with E-state index >= 15 is 4.39 Å². The maximum Gasteiger partial charge on any atom is 0.233 e. The van der Waals surface area contributed by atoms with E-state index in [9.17, 15) is 5.11 Å². The molecule has 0 aliphatic carbocycles. The summed E-state index contributed by atoms with van der Waals surface area (Å²) >= 11 is 0. The first kappa shape index (κ1) is 22.5. The zero-order valence-corrected chi connectivity index (χ0v) is 19.5. The van der Waals surface area contributed by atoms with Gasteiger partial charge in [0.05, 0.1) is 24.6 Å². The number of ether oxygens (including phenoxy) is 2. The largest absolute Gasteiger partial charge is 0.507 e. The van der Waals surface area contributed by atoms with Gasteiger partial charge in [0.1, 0.15) is 17.7 Å². The SMILES string of the molecule is COc1cc(-c2cc(O)c(-c3ccc(O[C@@H]4C[C@]5(C)CCC[C@](C)(C4)N5)nn3)c(F)c2)cnn1. The highest BCUT2D eigenvalue weighted by Gasteiger charge is 2.46. The van der Waals surface area contributed by atoms with E-state index in [-0.39, 0.29) is 34.2 Å². The number of nitrogens with one attached hydrogen (secondary N) is 1. The second-order valence-corrected chi connectivity index (χ2v) is 9.84. The molecule has 3 atom stereocenters. The molecule has 0 spiro atoms. The van der Waals surface area contributed by atoms with Crippen molar-refractivity contribution in [3.8, 4) is 39.9 Å². The molecule has 0 saturated carbocycles. The number of fused-ring (bicyclic) bond motifs is 2. The van der Waals surface area contributed by atoms with Crippen molar-refractivity contribution in [2.75, 3.05) is 7.11 Å². The van der Waals surface area contributed by atoms with Crippen molar-refractivity contribution in [2.45, 2.75) is 63.1 Å². The van der Waals surface area contributed by atoms with Gasteiger partial charge in [-0.2, -0.15) is 5.10 Å². The molecular weight excluding hydrogens is 437 g/mol. The molecule has 1 aromatic carbocycles. The number of phenols is 1. The second-order valence-electron chi connectivity index (χ2n) is 9.84. The minimum atomic E-state index is -0.624. The number of hydrogen-bond donors (Lipinski definition) is 2. The van der Waals surface area contributed by atoms with Crippen molar-refractivity contribution in [1.29, 1.82) is 0 Å². The molecule has 2 bridgehead atoms. The van der Waals surface area contributed by atoms with E-state index < -0.39 is 5.82 Å². The fraction of sp³-hybridized carbons (Fsp3) is 0.440. The van der Waals surface area contributed by atoms with E-state index in [1.165, 1.54) is 31.9 Å². The predicted molar refractivity (Wildman–Crippen MR) is 124 cm³/mol. The van der Waals surface area contributed by atoms with E-state index in [2.05, 4.69) is 39.6 Å². The first-order valence-electron chi connectivity index (χ1n) is 11.5. The van der Waals surface area contributed by atoms with Crippen LogP contribution < -0.4 is 14.8 Å². The summed E-state index contributed by atoms with van der Waals surface area (Å²) in [6.45, 7) is 4.50. The molecule has 3 aromatic rings. The Morgan fingerprint density at radius 1 is 1.00 bits per heavy atom.